The smallest absolute Gasteiger partial charge is 0.0724 e. The van der Waals surface area contributed by atoms with Gasteiger partial charge in [0.15, 0.2) is 0 Å². The van der Waals surface area contributed by atoms with E-state index in [2.05, 4.69) is 12.2 Å². The fourth-order valence-electron chi connectivity index (χ4n) is 2.15. The lowest BCUT2D eigenvalue weighted by Crippen LogP contribution is -2.37. The zero-order valence-electron chi connectivity index (χ0n) is 9.46. The highest BCUT2D eigenvalue weighted by Crippen LogP contribution is 2.21. The molecule has 1 saturated carbocycles. The molecule has 0 aliphatic heterocycles. The van der Waals surface area contributed by atoms with E-state index >= 15 is 0 Å². The Morgan fingerprint density at radius 2 is 2.29 bits per heavy atom. The maximum absolute atomic E-state index is 5.69. The van der Waals surface area contributed by atoms with E-state index in [1.54, 1.807) is 0 Å². The summed E-state index contributed by atoms with van der Waals surface area (Å²) in [4.78, 5) is 0. The first-order chi connectivity index (χ1) is 6.74. The summed E-state index contributed by atoms with van der Waals surface area (Å²) in [6.45, 7) is 3.14. The number of rotatable bonds is 6. The largest absolute Gasteiger partial charge is 0.380 e. The molecule has 14 heavy (non-hydrogen) atoms. The summed E-state index contributed by atoms with van der Waals surface area (Å²) in [5, 5.41) is 3.56. The van der Waals surface area contributed by atoms with Crippen LogP contribution in [0.3, 0.4) is 0 Å². The number of hydrogen-bond acceptors (Lipinski definition) is 3. The Labute approximate surface area is 87.4 Å². The SMILES string of the molecule is COC1CCCC1NCCCC(C)N. The molecule has 0 amide bonds. The van der Waals surface area contributed by atoms with Gasteiger partial charge in [0.1, 0.15) is 0 Å². The molecule has 0 aromatic carbocycles. The van der Waals surface area contributed by atoms with Crippen molar-refractivity contribution in [2.45, 2.75) is 57.2 Å². The molecule has 0 aromatic rings. The van der Waals surface area contributed by atoms with E-state index in [-0.39, 0.29) is 0 Å². The average molecular weight is 200 g/mol. The van der Waals surface area contributed by atoms with Gasteiger partial charge in [0, 0.05) is 19.2 Å². The molecule has 3 heteroatoms. The zero-order chi connectivity index (χ0) is 10.4. The molecule has 1 aliphatic rings. The fraction of sp³-hybridized carbons (Fsp3) is 1.00. The van der Waals surface area contributed by atoms with Gasteiger partial charge in [-0.25, -0.2) is 0 Å². The maximum Gasteiger partial charge on any atom is 0.0724 e. The lowest BCUT2D eigenvalue weighted by molar-refractivity contribution is 0.0851. The van der Waals surface area contributed by atoms with E-state index in [9.17, 15) is 0 Å². The van der Waals surface area contributed by atoms with Gasteiger partial charge in [0.25, 0.3) is 0 Å². The van der Waals surface area contributed by atoms with E-state index < -0.39 is 0 Å². The Balaban J connectivity index is 2.05. The van der Waals surface area contributed by atoms with E-state index in [1.165, 1.54) is 25.7 Å². The van der Waals surface area contributed by atoms with Crippen LogP contribution in [0.5, 0.6) is 0 Å². The zero-order valence-corrected chi connectivity index (χ0v) is 9.46. The number of nitrogens with two attached hydrogens (primary N) is 1. The van der Waals surface area contributed by atoms with Crippen molar-refractivity contribution in [3.63, 3.8) is 0 Å². The lowest BCUT2D eigenvalue weighted by Gasteiger charge is -2.19. The molecule has 0 bridgehead atoms. The summed E-state index contributed by atoms with van der Waals surface area (Å²) in [6.07, 6.45) is 6.48. The van der Waals surface area contributed by atoms with Crippen LogP contribution in [0.4, 0.5) is 0 Å². The van der Waals surface area contributed by atoms with E-state index in [1.807, 2.05) is 7.11 Å². The summed E-state index contributed by atoms with van der Waals surface area (Å²) in [5.74, 6) is 0. The van der Waals surface area contributed by atoms with Crippen LogP contribution in [-0.2, 0) is 4.74 Å². The van der Waals surface area contributed by atoms with Gasteiger partial charge in [-0.3, -0.25) is 0 Å². The predicted molar refractivity (Wildman–Crippen MR) is 59.3 cm³/mol. The highest BCUT2D eigenvalue weighted by atomic mass is 16.5. The minimum absolute atomic E-state index is 0.332. The van der Waals surface area contributed by atoms with Gasteiger partial charge < -0.3 is 15.8 Å². The Morgan fingerprint density at radius 1 is 1.50 bits per heavy atom. The van der Waals surface area contributed by atoms with Crippen molar-refractivity contribution in [2.24, 2.45) is 5.73 Å². The fourth-order valence-corrected chi connectivity index (χ4v) is 2.15. The van der Waals surface area contributed by atoms with E-state index in [0.717, 1.165) is 13.0 Å². The minimum atomic E-state index is 0.332. The second-order valence-corrected chi connectivity index (χ2v) is 4.39. The van der Waals surface area contributed by atoms with Gasteiger partial charge in [-0.05, 0) is 45.6 Å². The van der Waals surface area contributed by atoms with Gasteiger partial charge in [0.2, 0.25) is 0 Å². The van der Waals surface area contributed by atoms with Gasteiger partial charge in [-0.1, -0.05) is 0 Å². The third-order valence-corrected chi connectivity index (χ3v) is 3.00. The summed E-state index contributed by atoms with van der Waals surface area (Å²) < 4.78 is 5.41. The van der Waals surface area contributed by atoms with Crippen LogP contribution in [0.1, 0.15) is 39.0 Å². The maximum atomic E-state index is 5.69. The molecule has 0 radical (unpaired) electrons. The molecule has 1 fully saturated rings. The minimum Gasteiger partial charge on any atom is -0.380 e. The first-order valence-corrected chi connectivity index (χ1v) is 5.75. The van der Waals surface area contributed by atoms with Crippen LogP contribution in [-0.4, -0.2) is 31.8 Å². The van der Waals surface area contributed by atoms with Gasteiger partial charge >= 0.3 is 0 Å². The number of nitrogens with one attached hydrogen (secondary N) is 1. The topological polar surface area (TPSA) is 47.3 Å². The summed E-state index contributed by atoms with van der Waals surface area (Å²) >= 11 is 0. The van der Waals surface area contributed by atoms with Gasteiger partial charge in [0.05, 0.1) is 6.10 Å². The van der Waals surface area contributed by atoms with Crippen molar-refractivity contribution in [3.8, 4) is 0 Å². The second-order valence-electron chi connectivity index (χ2n) is 4.39. The number of methoxy groups -OCH3 is 1. The van der Waals surface area contributed by atoms with Crippen molar-refractivity contribution in [3.05, 3.63) is 0 Å². The van der Waals surface area contributed by atoms with Gasteiger partial charge in [-0.2, -0.15) is 0 Å². The second kappa shape index (κ2) is 6.38. The van der Waals surface area contributed by atoms with Crippen LogP contribution in [0, 0.1) is 0 Å². The summed E-state index contributed by atoms with van der Waals surface area (Å²) in [5.41, 5.74) is 5.69. The molecule has 3 unspecified atom stereocenters. The van der Waals surface area contributed by atoms with Crippen LogP contribution in [0.15, 0.2) is 0 Å². The summed E-state index contributed by atoms with van der Waals surface area (Å²) in [7, 11) is 1.81. The highest BCUT2D eigenvalue weighted by molar-refractivity contribution is 4.83. The van der Waals surface area contributed by atoms with Crippen LogP contribution in [0.25, 0.3) is 0 Å². The Morgan fingerprint density at radius 3 is 2.93 bits per heavy atom. The third-order valence-electron chi connectivity index (χ3n) is 3.00. The molecule has 0 heterocycles. The van der Waals surface area contributed by atoms with Crippen molar-refractivity contribution >= 4 is 0 Å². The molecule has 1 aliphatic carbocycles. The quantitative estimate of drug-likeness (QED) is 0.635. The molecular weight excluding hydrogens is 176 g/mol. The predicted octanol–water partition coefficient (Wildman–Crippen LogP) is 1.27. The molecule has 0 aromatic heterocycles. The van der Waals surface area contributed by atoms with Gasteiger partial charge in [-0.15, -0.1) is 0 Å². The standard InChI is InChI=1S/C11H24N2O/c1-9(12)5-4-8-13-10-6-3-7-11(10)14-2/h9-11,13H,3-8,12H2,1-2H3. The molecule has 0 spiro atoms. The molecule has 3 atom stereocenters. The molecular formula is C11H24N2O. The molecule has 3 nitrogen and oxygen atoms in total. The van der Waals surface area contributed by atoms with Crippen molar-refractivity contribution in [2.75, 3.05) is 13.7 Å². The Hall–Kier alpha value is -0.120. The molecule has 0 saturated heterocycles. The average Bonchev–Trinajstić information content (AvgIpc) is 2.59. The first kappa shape index (κ1) is 12.0. The van der Waals surface area contributed by atoms with E-state index in [4.69, 9.17) is 10.5 Å². The molecule has 1 rings (SSSR count). The van der Waals surface area contributed by atoms with Crippen molar-refractivity contribution < 1.29 is 4.74 Å². The normalized spacial score (nSPS) is 29.4. The molecule has 3 N–H and O–H groups in total. The Kier molecular flexibility index (Phi) is 5.45. The lowest BCUT2D eigenvalue weighted by atomic mass is 10.1. The number of hydrogen-bond donors (Lipinski definition) is 2. The monoisotopic (exact) mass is 200 g/mol. The highest BCUT2D eigenvalue weighted by Gasteiger charge is 2.25. The number of ether oxygens (including phenoxy) is 1. The van der Waals surface area contributed by atoms with Crippen LogP contribution >= 0.6 is 0 Å². The van der Waals surface area contributed by atoms with Crippen LogP contribution < -0.4 is 11.1 Å². The summed E-state index contributed by atoms with van der Waals surface area (Å²) in [6, 6.07) is 0.909. The first-order valence-electron chi connectivity index (χ1n) is 5.75. The van der Waals surface area contributed by atoms with Crippen molar-refractivity contribution in [1.82, 2.24) is 5.32 Å². The molecule has 84 valence electrons. The third kappa shape index (κ3) is 3.95. The Bertz CT molecular complexity index is 150. The van der Waals surface area contributed by atoms with Crippen molar-refractivity contribution in [1.29, 1.82) is 0 Å². The van der Waals surface area contributed by atoms with E-state index in [0.29, 0.717) is 18.2 Å². The van der Waals surface area contributed by atoms with Crippen LogP contribution in [0.2, 0.25) is 0 Å².